The van der Waals surface area contributed by atoms with Crippen molar-refractivity contribution in [2.45, 2.75) is 39.5 Å². The number of ether oxygens (including phenoxy) is 1. The number of hydrogen-bond acceptors (Lipinski definition) is 6. The Bertz CT molecular complexity index is 640. The molecule has 1 aromatic rings. The van der Waals surface area contributed by atoms with Crippen LogP contribution in [0.2, 0.25) is 0 Å². The van der Waals surface area contributed by atoms with Crippen molar-refractivity contribution in [2.75, 3.05) is 19.9 Å². The zero-order valence-corrected chi connectivity index (χ0v) is 12.9. The summed E-state index contributed by atoms with van der Waals surface area (Å²) in [6, 6.07) is 1.91. The fourth-order valence-electron chi connectivity index (χ4n) is 2.62. The first kappa shape index (κ1) is 16.5. The highest BCUT2D eigenvalue weighted by molar-refractivity contribution is 5.45. The number of aromatic hydroxyl groups is 1. The molecule has 1 aliphatic heterocycles. The maximum absolute atomic E-state index is 12.3. The molecule has 7 heteroatoms. The van der Waals surface area contributed by atoms with E-state index in [-0.39, 0.29) is 18.0 Å². The summed E-state index contributed by atoms with van der Waals surface area (Å²) in [6.07, 6.45) is 0.0992. The molecule has 0 bridgehead atoms. The van der Waals surface area contributed by atoms with Crippen LogP contribution in [0.5, 0.6) is 5.88 Å². The van der Waals surface area contributed by atoms with Crippen molar-refractivity contribution in [3.8, 4) is 11.9 Å². The SMILES string of the molecule is Cc1c(CN2CCCOC2)c(O)n(CC(C)O)c(=O)c1C#N. The quantitative estimate of drug-likeness (QED) is 0.830. The molecule has 2 heterocycles. The normalized spacial score (nSPS) is 17.2. The molecule has 0 amide bonds. The molecule has 22 heavy (non-hydrogen) atoms. The molecule has 0 radical (unpaired) electrons. The summed E-state index contributed by atoms with van der Waals surface area (Å²) in [5.74, 6) is -0.187. The lowest BCUT2D eigenvalue weighted by Crippen LogP contribution is -2.34. The Balaban J connectivity index is 2.47. The van der Waals surface area contributed by atoms with Gasteiger partial charge in [0, 0.05) is 25.3 Å². The van der Waals surface area contributed by atoms with E-state index in [4.69, 9.17) is 4.74 Å². The van der Waals surface area contributed by atoms with Crippen molar-refractivity contribution in [2.24, 2.45) is 0 Å². The topological polar surface area (TPSA) is 98.7 Å². The molecule has 1 aromatic heterocycles. The molecule has 1 unspecified atom stereocenters. The number of pyridine rings is 1. The van der Waals surface area contributed by atoms with Crippen LogP contribution in [0.25, 0.3) is 0 Å². The Morgan fingerprint density at radius 2 is 2.23 bits per heavy atom. The average Bonchev–Trinajstić information content (AvgIpc) is 2.49. The molecule has 1 fully saturated rings. The second-order valence-corrected chi connectivity index (χ2v) is 5.62. The van der Waals surface area contributed by atoms with Gasteiger partial charge >= 0.3 is 0 Å². The monoisotopic (exact) mass is 307 g/mol. The highest BCUT2D eigenvalue weighted by atomic mass is 16.5. The van der Waals surface area contributed by atoms with E-state index in [1.165, 1.54) is 6.92 Å². The van der Waals surface area contributed by atoms with E-state index in [9.17, 15) is 20.3 Å². The van der Waals surface area contributed by atoms with E-state index in [2.05, 4.69) is 0 Å². The van der Waals surface area contributed by atoms with Gasteiger partial charge in [-0.3, -0.25) is 14.3 Å². The molecule has 120 valence electrons. The summed E-state index contributed by atoms with van der Waals surface area (Å²) in [6.45, 7) is 5.52. The predicted octanol–water partition coefficient (Wildman–Crippen LogP) is 0.295. The number of hydrogen-bond donors (Lipinski definition) is 2. The van der Waals surface area contributed by atoms with E-state index in [1.807, 2.05) is 11.0 Å². The Labute approximate surface area is 129 Å². The summed E-state index contributed by atoms with van der Waals surface area (Å²) in [5.41, 5.74) is 0.447. The summed E-state index contributed by atoms with van der Waals surface area (Å²) < 4.78 is 6.45. The number of aliphatic hydroxyl groups is 1. The van der Waals surface area contributed by atoms with Gasteiger partial charge in [-0.05, 0) is 25.8 Å². The van der Waals surface area contributed by atoms with Crippen molar-refractivity contribution >= 4 is 0 Å². The molecule has 0 aromatic carbocycles. The Kier molecular flexibility index (Phi) is 5.19. The van der Waals surface area contributed by atoms with Crippen LogP contribution in [0, 0.1) is 18.3 Å². The fourth-order valence-corrected chi connectivity index (χ4v) is 2.62. The molecule has 2 N–H and O–H groups in total. The lowest BCUT2D eigenvalue weighted by Gasteiger charge is -2.28. The van der Waals surface area contributed by atoms with Gasteiger partial charge in [-0.1, -0.05) is 0 Å². The second kappa shape index (κ2) is 6.92. The third-order valence-corrected chi connectivity index (χ3v) is 3.79. The lowest BCUT2D eigenvalue weighted by molar-refractivity contribution is -0.0182. The summed E-state index contributed by atoms with van der Waals surface area (Å²) in [7, 11) is 0. The van der Waals surface area contributed by atoms with E-state index in [0.717, 1.165) is 17.5 Å². The Morgan fingerprint density at radius 1 is 1.50 bits per heavy atom. The van der Waals surface area contributed by atoms with Crippen molar-refractivity contribution < 1.29 is 14.9 Å². The van der Waals surface area contributed by atoms with E-state index < -0.39 is 11.7 Å². The lowest BCUT2D eigenvalue weighted by atomic mass is 10.0. The van der Waals surface area contributed by atoms with Gasteiger partial charge in [-0.25, -0.2) is 0 Å². The average molecular weight is 307 g/mol. The van der Waals surface area contributed by atoms with Crippen LogP contribution in [0.15, 0.2) is 4.79 Å². The maximum Gasteiger partial charge on any atom is 0.271 e. The van der Waals surface area contributed by atoms with E-state index in [1.54, 1.807) is 6.92 Å². The van der Waals surface area contributed by atoms with Gasteiger partial charge in [0.15, 0.2) is 5.88 Å². The van der Waals surface area contributed by atoms with Gasteiger partial charge in [-0.15, -0.1) is 0 Å². The van der Waals surface area contributed by atoms with Crippen LogP contribution in [0.4, 0.5) is 0 Å². The molecule has 2 rings (SSSR count). The molecule has 0 aliphatic carbocycles. The third kappa shape index (κ3) is 3.30. The standard InChI is InChI=1S/C15H21N3O4/c1-10(19)7-18-14(20)12(6-16)11(2)13(15(18)21)8-17-4-3-5-22-9-17/h10,19,21H,3-5,7-9H2,1-2H3. The maximum atomic E-state index is 12.3. The molecule has 1 atom stereocenters. The van der Waals surface area contributed by atoms with E-state index >= 15 is 0 Å². The fraction of sp³-hybridized carbons (Fsp3) is 0.600. The highest BCUT2D eigenvalue weighted by Gasteiger charge is 2.22. The van der Waals surface area contributed by atoms with Gasteiger partial charge in [0.2, 0.25) is 0 Å². The summed E-state index contributed by atoms with van der Waals surface area (Å²) >= 11 is 0. The number of rotatable bonds is 4. The Morgan fingerprint density at radius 3 is 2.77 bits per heavy atom. The summed E-state index contributed by atoms with van der Waals surface area (Å²) in [5, 5.41) is 29.2. The third-order valence-electron chi connectivity index (χ3n) is 3.79. The zero-order valence-electron chi connectivity index (χ0n) is 12.9. The molecular formula is C15H21N3O4. The van der Waals surface area contributed by atoms with Gasteiger partial charge in [-0.2, -0.15) is 5.26 Å². The second-order valence-electron chi connectivity index (χ2n) is 5.62. The van der Waals surface area contributed by atoms with E-state index in [0.29, 0.717) is 31.0 Å². The molecule has 0 saturated carbocycles. The first-order valence-electron chi connectivity index (χ1n) is 7.29. The van der Waals surface area contributed by atoms with Crippen molar-refractivity contribution in [3.05, 3.63) is 27.0 Å². The minimum atomic E-state index is -0.802. The molecule has 1 saturated heterocycles. The van der Waals surface area contributed by atoms with Gasteiger partial charge in [0.25, 0.3) is 5.56 Å². The largest absolute Gasteiger partial charge is 0.494 e. The van der Waals surface area contributed by atoms with Crippen molar-refractivity contribution in [1.29, 1.82) is 5.26 Å². The predicted molar refractivity (Wildman–Crippen MR) is 79.3 cm³/mol. The highest BCUT2D eigenvalue weighted by Crippen LogP contribution is 2.24. The number of aliphatic hydroxyl groups excluding tert-OH is 1. The Hall–Kier alpha value is -1.88. The zero-order chi connectivity index (χ0) is 16.3. The molecule has 7 nitrogen and oxygen atoms in total. The molecule has 1 aliphatic rings. The number of nitrogens with zero attached hydrogens (tertiary/aromatic N) is 3. The first-order valence-corrected chi connectivity index (χ1v) is 7.29. The van der Waals surface area contributed by atoms with Crippen molar-refractivity contribution in [3.63, 3.8) is 0 Å². The van der Waals surface area contributed by atoms with Crippen LogP contribution >= 0.6 is 0 Å². The molecule has 0 spiro atoms. The van der Waals surface area contributed by atoms with Gasteiger partial charge in [0.1, 0.15) is 11.6 Å². The van der Waals surface area contributed by atoms with Crippen LogP contribution in [0.1, 0.15) is 30.0 Å². The van der Waals surface area contributed by atoms with Crippen LogP contribution < -0.4 is 5.56 Å². The van der Waals surface area contributed by atoms with Crippen LogP contribution in [0.3, 0.4) is 0 Å². The smallest absolute Gasteiger partial charge is 0.271 e. The minimum absolute atomic E-state index is 0.00591. The van der Waals surface area contributed by atoms with Gasteiger partial charge in [0.05, 0.1) is 19.4 Å². The minimum Gasteiger partial charge on any atom is -0.494 e. The van der Waals surface area contributed by atoms with Gasteiger partial charge < -0.3 is 14.9 Å². The van der Waals surface area contributed by atoms with Crippen LogP contribution in [-0.4, -0.2) is 45.7 Å². The van der Waals surface area contributed by atoms with Crippen LogP contribution in [-0.2, 0) is 17.8 Å². The molecular weight excluding hydrogens is 286 g/mol. The number of aromatic nitrogens is 1. The number of nitriles is 1. The summed E-state index contributed by atoms with van der Waals surface area (Å²) in [4.78, 5) is 14.3. The first-order chi connectivity index (χ1) is 10.5. The van der Waals surface area contributed by atoms with Crippen molar-refractivity contribution in [1.82, 2.24) is 9.47 Å².